The normalized spacial score (nSPS) is 18.6. The second-order valence-corrected chi connectivity index (χ2v) is 5.89. The van der Waals surface area contributed by atoms with Gasteiger partial charge in [-0.05, 0) is 50.5 Å². The summed E-state index contributed by atoms with van der Waals surface area (Å²) in [4.78, 5) is 2.25. The maximum atomic E-state index is 13.8. The molecular weight excluding hydrogens is 260 g/mol. The Morgan fingerprint density at radius 3 is 2.35 bits per heavy atom. The number of nitriles is 1. The van der Waals surface area contributed by atoms with Crippen molar-refractivity contribution < 1.29 is 8.78 Å². The third-order valence-corrected chi connectivity index (χ3v) is 4.06. The molecule has 0 saturated carbocycles. The summed E-state index contributed by atoms with van der Waals surface area (Å²) in [5.74, 6) is -1.42. The molecular formula is C15H19F2N3. The van der Waals surface area contributed by atoms with Crippen LogP contribution < -0.4 is 5.32 Å². The van der Waals surface area contributed by atoms with Crippen molar-refractivity contribution in [3.8, 4) is 6.07 Å². The molecule has 0 amide bonds. The number of nitrogens with zero attached hydrogens (tertiary/aromatic N) is 2. The Balaban J connectivity index is 2.06. The van der Waals surface area contributed by atoms with E-state index in [0.29, 0.717) is 6.54 Å². The lowest BCUT2D eigenvalue weighted by Gasteiger charge is -2.38. The Hall–Kier alpha value is -1.67. The van der Waals surface area contributed by atoms with Gasteiger partial charge in [0.2, 0.25) is 0 Å². The predicted molar refractivity (Wildman–Crippen MR) is 74.4 cm³/mol. The van der Waals surface area contributed by atoms with Crippen LogP contribution in [-0.2, 0) is 0 Å². The topological polar surface area (TPSA) is 39.1 Å². The number of hydrogen-bond acceptors (Lipinski definition) is 3. The van der Waals surface area contributed by atoms with Crippen LogP contribution in [0.25, 0.3) is 0 Å². The fraction of sp³-hybridized carbons (Fsp3) is 0.533. The van der Waals surface area contributed by atoms with Crippen LogP contribution in [0.3, 0.4) is 0 Å². The lowest BCUT2D eigenvalue weighted by Crippen LogP contribution is -2.40. The van der Waals surface area contributed by atoms with Gasteiger partial charge in [-0.25, -0.2) is 8.78 Å². The van der Waals surface area contributed by atoms with Crippen LogP contribution in [-0.4, -0.2) is 31.6 Å². The molecule has 1 N–H and O–H groups in total. The van der Waals surface area contributed by atoms with Crippen molar-refractivity contribution in [2.75, 3.05) is 32.0 Å². The standard InChI is InChI=1S/C15H19F2N3/c1-15(3-5-20(2)6-4-15)10-19-14-12(16)7-11(9-18)8-13(14)17/h7-8,19H,3-6,10H2,1-2H3. The van der Waals surface area contributed by atoms with Crippen molar-refractivity contribution in [2.24, 2.45) is 5.41 Å². The number of anilines is 1. The first-order chi connectivity index (χ1) is 9.43. The summed E-state index contributed by atoms with van der Waals surface area (Å²) in [5, 5.41) is 11.5. The van der Waals surface area contributed by atoms with Crippen LogP contribution in [0.2, 0.25) is 0 Å². The van der Waals surface area contributed by atoms with E-state index in [-0.39, 0.29) is 16.7 Å². The van der Waals surface area contributed by atoms with Gasteiger partial charge in [0.25, 0.3) is 0 Å². The van der Waals surface area contributed by atoms with Crippen LogP contribution in [0.1, 0.15) is 25.3 Å². The molecule has 1 fully saturated rings. The van der Waals surface area contributed by atoms with E-state index in [1.165, 1.54) is 0 Å². The van der Waals surface area contributed by atoms with E-state index in [4.69, 9.17) is 5.26 Å². The summed E-state index contributed by atoms with van der Waals surface area (Å²) in [6.07, 6.45) is 1.99. The van der Waals surface area contributed by atoms with Crippen molar-refractivity contribution >= 4 is 5.69 Å². The number of nitrogens with one attached hydrogen (secondary N) is 1. The summed E-state index contributed by atoms with van der Waals surface area (Å²) in [6.45, 7) is 4.65. The Morgan fingerprint density at radius 2 is 1.85 bits per heavy atom. The van der Waals surface area contributed by atoms with E-state index in [0.717, 1.165) is 38.1 Å². The van der Waals surface area contributed by atoms with Crippen molar-refractivity contribution in [3.63, 3.8) is 0 Å². The van der Waals surface area contributed by atoms with Gasteiger partial charge in [0.05, 0.1) is 11.6 Å². The van der Waals surface area contributed by atoms with Crippen molar-refractivity contribution in [1.82, 2.24) is 4.90 Å². The molecule has 1 saturated heterocycles. The molecule has 0 atom stereocenters. The first kappa shape index (κ1) is 14.7. The van der Waals surface area contributed by atoms with E-state index in [1.54, 1.807) is 6.07 Å². The maximum absolute atomic E-state index is 13.8. The Bertz CT molecular complexity index is 505. The number of benzene rings is 1. The fourth-order valence-electron chi connectivity index (χ4n) is 2.44. The highest BCUT2D eigenvalue weighted by Gasteiger charge is 2.29. The average Bonchev–Trinajstić information content (AvgIpc) is 2.41. The molecule has 0 aromatic heterocycles. The molecule has 1 aliphatic heterocycles. The fourth-order valence-corrected chi connectivity index (χ4v) is 2.44. The number of piperidine rings is 1. The number of halogens is 2. The van der Waals surface area contributed by atoms with Crippen molar-refractivity contribution in [3.05, 3.63) is 29.3 Å². The number of hydrogen-bond donors (Lipinski definition) is 1. The largest absolute Gasteiger partial charge is 0.380 e. The van der Waals surface area contributed by atoms with Gasteiger partial charge >= 0.3 is 0 Å². The van der Waals surface area contributed by atoms with Gasteiger partial charge in [-0.1, -0.05) is 6.92 Å². The van der Waals surface area contributed by atoms with Gasteiger partial charge in [-0.15, -0.1) is 0 Å². The van der Waals surface area contributed by atoms with Crippen LogP contribution in [0.15, 0.2) is 12.1 Å². The summed E-state index contributed by atoms with van der Waals surface area (Å²) in [6, 6.07) is 3.86. The second kappa shape index (κ2) is 5.76. The SMILES string of the molecule is CN1CCC(C)(CNc2c(F)cc(C#N)cc2F)CC1. The minimum absolute atomic E-state index is 0.00365. The van der Waals surface area contributed by atoms with E-state index in [1.807, 2.05) is 0 Å². The van der Waals surface area contributed by atoms with Gasteiger partial charge in [0.15, 0.2) is 11.6 Å². The van der Waals surface area contributed by atoms with Crippen molar-refractivity contribution in [2.45, 2.75) is 19.8 Å². The molecule has 0 spiro atoms. The predicted octanol–water partition coefficient (Wildman–Crippen LogP) is 2.98. The van der Waals surface area contributed by atoms with Crippen LogP contribution in [0, 0.1) is 28.4 Å². The summed E-state index contributed by atoms with van der Waals surface area (Å²) < 4.78 is 27.6. The second-order valence-electron chi connectivity index (χ2n) is 5.89. The summed E-state index contributed by atoms with van der Waals surface area (Å²) in [7, 11) is 2.08. The molecule has 0 aliphatic carbocycles. The lowest BCUT2D eigenvalue weighted by molar-refractivity contribution is 0.150. The highest BCUT2D eigenvalue weighted by atomic mass is 19.1. The minimum Gasteiger partial charge on any atom is -0.380 e. The van der Waals surface area contributed by atoms with E-state index >= 15 is 0 Å². The van der Waals surface area contributed by atoms with Gasteiger partial charge in [-0.3, -0.25) is 0 Å². The Labute approximate surface area is 118 Å². The lowest BCUT2D eigenvalue weighted by atomic mass is 9.80. The monoisotopic (exact) mass is 279 g/mol. The zero-order valence-corrected chi connectivity index (χ0v) is 11.8. The first-order valence-corrected chi connectivity index (χ1v) is 6.75. The maximum Gasteiger partial charge on any atom is 0.150 e. The molecule has 1 aliphatic rings. The minimum atomic E-state index is -0.710. The third-order valence-electron chi connectivity index (χ3n) is 4.06. The summed E-state index contributed by atoms with van der Waals surface area (Å²) >= 11 is 0. The third kappa shape index (κ3) is 3.26. The molecule has 1 aromatic carbocycles. The molecule has 20 heavy (non-hydrogen) atoms. The zero-order valence-electron chi connectivity index (χ0n) is 11.8. The van der Waals surface area contributed by atoms with Crippen LogP contribution in [0.4, 0.5) is 14.5 Å². The smallest absolute Gasteiger partial charge is 0.150 e. The van der Waals surface area contributed by atoms with Gasteiger partial charge in [0.1, 0.15) is 5.69 Å². The molecule has 0 bridgehead atoms. The van der Waals surface area contributed by atoms with E-state index in [9.17, 15) is 8.78 Å². The van der Waals surface area contributed by atoms with Crippen molar-refractivity contribution in [1.29, 1.82) is 5.26 Å². The molecule has 0 radical (unpaired) electrons. The number of likely N-dealkylation sites (tertiary alicyclic amines) is 1. The highest BCUT2D eigenvalue weighted by molar-refractivity contribution is 5.50. The number of rotatable bonds is 3. The zero-order chi connectivity index (χ0) is 14.8. The van der Waals surface area contributed by atoms with E-state index in [2.05, 4.69) is 24.2 Å². The quantitative estimate of drug-likeness (QED) is 0.924. The summed E-state index contributed by atoms with van der Waals surface area (Å²) in [5.41, 5.74) is -0.0977. The van der Waals surface area contributed by atoms with Crippen LogP contribution in [0.5, 0.6) is 0 Å². The molecule has 0 unspecified atom stereocenters. The molecule has 108 valence electrons. The van der Waals surface area contributed by atoms with Gasteiger partial charge in [-0.2, -0.15) is 5.26 Å². The molecule has 2 rings (SSSR count). The first-order valence-electron chi connectivity index (χ1n) is 6.75. The molecule has 3 nitrogen and oxygen atoms in total. The average molecular weight is 279 g/mol. The Morgan fingerprint density at radius 1 is 1.30 bits per heavy atom. The van der Waals surface area contributed by atoms with Gasteiger partial charge < -0.3 is 10.2 Å². The highest BCUT2D eigenvalue weighted by Crippen LogP contribution is 2.31. The molecule has 5 heteroatoms. The molecule has 1 aromatic rings. The molecule has 1 heterocycles. The van der Waals surface area contributed by atoms with Gasteiger partial charge in [0, 0.05) is 6.54 Å². The van der Waals surface area contributed by atoms with Crippen LogP contribution >= 0.6 is 0 Å². The Kier molecular flexibility index (Phi) is 4.24. The van der Waals surface area contributed by atoms with E-state index < -0.39 is 11.6 Å².